The molecule has 0 saturated heterocycles. The molecule has 1 rings (SSSR count). The molecule has 0 radical (unpaired) electrons. The second-order valence-corrected chi connectivity index (χ2v) is 3.86. The second-order valence-electron chi connectivity index (χ2n) is 2.77. The Labute approximate surface area is 81.6 Å². The van der Waals surface area contributed by atoms with E-state index in [1.54, 1.807) is 6.08 Å². The number of hydrogen-bond donors (Lipinski definition) is 3. The summed E-state index contributed by atoms with van der Waals surface area (Å²) in [7, 11) is 0. The van der Waals surface area contributed by atoms with Gasteiger partial charge in [-0.3, -0.25) is 5.21 Å². The highest BCUT2D eigenvalue weighted by atomic mass is 32.2. The molecule has 0 bridgehead atoms. The van der Waals surface area contributed by atoms with Crippen LogP contribution in [0.15, 0.2) is 35.6 Å². The Kier molecular flexibility index (Phi) is 3.56. The lowest BCUT2D eigenvalue weighted by atomic mass is 10.2. The highest BCUT2D eigenvalue weighted by Crippen LogP contribution is 2.23. The third-order valence-electron chi connectivity index (χ3n) is 1.67. The van der Waals surface area contributed by atoms with Gasteiger partial charge in [0, 0.05) is 5.70 Å². The molecule has 72 valence electrons. The van der Waals surface area contributed by atoms with Crippen molar-refractivity contribution in [1.82, 2.24) is 4.58 Å². The van der Waals surface area contributed by atoms with E-state index in [4.69, 9.17) is 16.8 Å². The first-order valence-corrected chi connectivity index (χ1v) is 4.66. The molecule has 0 aromatic rings. The first-order valence-electron chi connectivity index (χ1n) is 3.82. The first kappa shape index (κ1) is 10.3. The summed E-state index contributed by atoms with van der Waals surface area (Å²) in [6, 6.07) is 0. The van der Waals surface area contributed by atoms with Gasteiger partial charge < -0.3 is 5.73 Å². The van der Waals surface area contributed by atoms with Gasteiger partial charge in [-0.05, 0) is 31.0 Å². The van der Waals surface area contributed by atoms with Gasteiger partial charge >= 0.3 is 0 Å². The van der Waals surface area contributed by atoms with E-state index >= 15 is 0 Å². The van der Waals surface area contributed by atoms with Crippen molar-refractivity contribution >= 4 is 11.9 Å². The lowest BCUT2D eigenvalue weighted by molar-refractivity contribution is 0.0161. The van der Waals surface area contributed by atoms with Gasteiger partial charge in [-0.25, -0.2) is 5.84 Å². The maximum Gasteiger partial charge on any atom is 0.0625 e. The largest absolute Gasteiger partial charge is 0.399 e. The predicted octanol–water partition coefficient (Wildman–Crippen LogP) is 0.927. The van der Waals surface area contributed by atoms with E-state index in [0.29, 0.717) is 10.3 Å². The van der Waals surface area contributed by atoms with Crippen molar-refractivity contribution in [2.45, 2.75) is 12.2 Å². The van der Waals surface area contributed by atoms with Crippen molar-refractivity contribution in [3.63, 3.8) is 0 Å². The molecule has 0 spiro atoms. The zero-order valence-electron chi connectivity index (χ0n) is 7.34. The SMILES string of the molecule is CC1=CC=C(N)C=CC1SN(N)O. The lowest BCUT2D eigenvalue weighted by Crippen LogP contribution is -2.22. The van der Waals surface area contributed by atoms with E-state index in [1.807, 2.05) is 25.2 Å². The van der Waals surface area contributed by atoms with Crippen LogP contribution in [0.2, 0.25) is 0 Å². The number of nitrogens with two attached hydrogens (primary N) is 2. The normalized spacial score (nSPS) is 22.6. The van der Waals surface area contributed by atoms with E-state index < -0.39 is 0 Å². The number of rotatable bonds is 2. The number of allylic oxidation sites excluding steroid dienone is 3. The van der Waals surface area contributed by atoms with Crippen molar-refractivity contribution in [2.24, 2.45) is 11.6 Å². The Morgan fingerprint density at radius 3 is 2.85 bits per heavy atom. The van der Waals surface area contributed by atoms with Gasteiger partial charge in [0.25, 0.3) is 0 Å². The Bertz CT molecular complexity index is 271. The lowest BCUT2D eigenvalue weighted by Gasteiger charge is -2.14. The quantitative estimate of drug-likeness (QED) is 0.350. The average molecular weight is 199 g/mol. The molecule has 0 heterocycles. The minimum atomic E-state index is 0.0345. The highest BCUT2D eigenvalue weighted by Gasteiger charge is 2.11. The molecule has 5 N–H and O–H groups in total. The average Bonchev–Trinajstić information content (AvgIpc) is 2.19. The smallest absolute Gasteiger partial charge is 0.0625 e. The van der Waals surface area contributed by atoms with E-state index in [2.05, 4.69) is 0 Å². The summed E-state index contributed by atoms with van der Waals surface area (Å²) in [5, 5.41) is 8.88. The summed E-state index contributed by atoms with van der Waals surface area (Å²) in [5.41, 5.74) is 7.39. The molecule has 1 atom stereocenters. The topological polar surface area (TPSA) is 75.5 Å². The number of hydrogen-bond acceptors (Lipinski definition) is 5. The van der Waals surface area contributed by atoms with Gasteiger partial charge in [0.15, 0.2) is 0 Å². The summed E-state index contributed by atoms with van der Waals surface area (Å²) in [6.07, 6.45) is 7.43. The molecule has 1 unspecified atom stereocenters. The summed E-state index contributed by atoms with van der Waals surface area (Å²) < 4.78 is 0.605. The van der Waals surface area contributed by atoms with Gasteiger partial charge in [0.05, 0.1) is 5.25 Å². The van der Waals surface area contributed by atoms with Crippen LogP contribution in [0.3, 0.4) is 0 Å². The molecule has 13 heavy (non-hydrogen) atoms. The minimum absolute atomic E-state index is 0.0345. The highest BCUT2D eigenvalue weighted by molar-refractivity contribution is 7.97. The van der Waals surface area contributed by atoms with Crippen molar-refractivity contribution < 1.29 is 5.21 Å². The van der Waals surface area contributed by atoms with E-state index in [1.165, 1.54) is 0 Å². The van der Waals surface area contributed by atoms with Gasteiger partial charge in [0.2, 0.25) is 0 Å². The third-order valence-corrected chi connectivity index (χ3v) is 2.64. The van der Waals surface area contributed by atoms with Crippen molar-refractivity contribution in [1.29, 1.82) is 0 Å². The fraction of sp³-hybridized carbons (Fsp3) is 0.250. The summed E-state index contributed by atoms with van der Waals surface area (Å²) >= 11 is 1.12. The van der Waals surface area contributed by atoms with Crippen LogP contribution in [0.5, 0.6) is 0 Å². The summed E-state index contributed by atoms with van der Waals surface area (Å²) in [4.78, 5) is 0. The molecule has 0 aliphatic heterocycles. The van der Waals surface area contributed by atoms with Crippen LogP contribution < -0.4 is 11.6 Å². The van der Waals surface area contributed by atoms with Crippen LogP contribution in [0.4, 0.5) is 0 Å². The summed E-state index contributed by atoms with van der Waals surface area (Å²) in [6.45, 7) is 1.96. The van der Waals surface area contributed by atoms with Crippen LogP contribution in [0.1, 0.15) is 6.92 Å². The van der Waals surface area contributed by atoms with E-state index in [-0.39, 0.29) is 5.25 Å². The first-order chi connectivity index (χ1) is 6.09. The Morgan fingerprint density at radius 2 is 2.23 bits per heavy atom. The molecule has 4 nitrogen and oxygen atoms in total. The standard InChI is InChI=1S/C8H13N3OS/c1-6-2-3-7(9)4-5-8(6)13-11(10)12/h2-5,8,12H,9-10H2,1H3. The van der Waals surface area contributed by atoms with Gasteiger partial charge in [-0.2, -0.15) is 0 Å². The zero-order valence-corrected chi connectivity index (χ0v) is 8.16. The monoisotopic (exact) mass is 199 g/mol. The molecule has 0 fully saturated rings. The Balaban J connectivity index is 2.73. The fourth-order valence-corrected chi connectivity index (χ4v) is 1.59. The van der Waals surface area contributed by atoms with E-state index in [9.17, 15) is 0 Å². The van der Waals surface area contributed by atoms with E-state index in [0.717, 1.165) is 17.5 Å². The third kappa shape index (κ3) is 3.23. The second kappa shape index (κ2) is 4.48. The van der Waals surface area contributed by atoms with Crippen LogP contribution >= 0.6 is 11.9 Å². The molecule has 0 aromatic heterocycles. The maximum atomic E-state index is 8.84. The van der Waals surface area contributed by atoms with Crippen LogP contribution in [0.25, 0.3) is 0 Å². The fourth-order valence-electron chi connectivity index (χ4n) is 0.963. The van der Waals surface area contributed by atoms with Crippen molar-refractivity contribution in [3.05, 3.63) is 35.6 Å². The Morgan fingerprint density at radius 1 is 1.54 bits per heavy atom. The van der Waals surface area contributed by atoms with Crippen LogP contribution in [-0.2, 0) is 0 Å². The van der Waals surface area contributed by atoms with Crippen LogP contribution in [-0.4, -0.2) is 15.0 Å². The molecule has 0 aromatic carbocycles. The molecule has 0 saturated carbocycles. The summed E-state index contributed by atoms with van der Waals surface area (Å²) in [5.74, 6) is 5.11. The van der Waals surface area contributed by atoms with Gasteiger partial charge in [0.1, 0.15) is 0 Å². The van der Waals surface area contributed by atoms with Crippen molar-refractivity contribution in [3.8, 4) is 0 Å². The van der Waals surface area contributed by atoms with Crippen LogP contribution in [0, 0.1) is 0 Å². The number of hydrazine groups is 1. The minimum Gasteiger partial charge on any atom is -0.399 e. The molecule has 1 aliphatic rings. The Hall–Kier alpha value is -0.750. The molecule has 0 amide bonds. The van der Waals surface area contributed by atoms with Crippen molar-refractivity contribution in [2.75, 3.05) is 0 Å². The maximum absolute atomic E-state index is 8.84. The number of nitrogens with zero attached hydrogens (tertiary/aromatic N) is 1. The molecular weight excluding hydrogens is 186 g/mol. The zero-order chi connectivity index (χ0) is 9.84. The molecular formula is C8H13N3OS. The van der Waals surface area contributed by atoms with Gasteiger partial charge in [-0.1, -0.05) is 22.3 Å². The predicted molar refractivity (Wildman–Crippen MR) is 54.4 cm³/mol. The van der Waals surface area contributed by atoms with Gasteiger partial charge in [-0.15, -0.1) is 0 Å². The molecule has 5 heteroatoms. The molecule has 1 aliphatic carbocycles.